The van der Waals surface area contributed by atoms with Crippen LogP contribution in [0.15, 0.2) is 29.2 Å². The summed E-state index contributed by atoms with van der Waals surface area (Å²) < 4.78 is 68.5. The summed E-state index contributed by atoms with van der Waals surface area (Å²) in [6, 6.07) is 4.47. The summed E-state index contributed by atoms with van der Waals surface area (Å²) in [6.07, 6.45) is -2.67. The van der Waals surface area contributed by atoms with Crippen molar-refractivity contribution in [3.63, 3.8) is 0 Å². The van der Waals surface area contributed by atoms with Gasteiger partial charge >= 0.3 is 6.36 Å². The molecule has 9 heteroatoms. The normalized spacial score (nSPS) is 17.8. The van der Waals surface area contributed by atoms with E-state index < -0.39 is 27.0 Å². The fourth-order valence-corrected chi connectivity index (χ4v) is 4.19. The number of sulfonamides is 1. The number of likely N-dealkylation sites (tertiary alicyclic amines) is 1. The largest absolute Gasteiger partial charge is 0.573 e. The van der Waals surface area contributed by atoms with Crippen LogP contribution in [0.2, 0.25) is 0 Å². The van der Waals surface area contributed by atoms with Gasteiger partial charge in [0.1, 0.15) is 10.6 Å². The first-order chi connectivity index (χ1) is 11.2. The van der Waals surface area contributed by atoms with Crippen LogP contribution in [-0.4, -0.2) is 45.4 Å². The molecule has 0 aliphatic carbocycles. The van der Waals surface area contributed by atoms with Crippen LogP contribution in [0, 0.1) is 0 Å². The van der Waals surface area contributed by atoms with E-state index in [2.05, 4.69) is 21.3 Å². The monoisotopic (exact) mass is 366 g/mol. The first-order valence-corrected chi connectivity index (χ1v) is 9.29. The number of nitrogens with zero attached hydrogens (tertiary/aromatic N) is 1. The zero-order chi connectivity index (χ0) is 17.8. The van der Waals surface area contributed by atoms with Crippen LogP contribution in [0.4, 0.5) is 13.2 Å². The molecular formula is C15H21F3N2O3S. The number of benzene rings is 1. The Kier molecular flexibility index (Phi) is 6.11. The molecule has 24 heavy (non-hydrogen) atoms. The number of piperidine rings is 1. The molecule has 1 aromatic rings. The smallest absolute Gasteiger partial charge is 0.404 e. The maximum absolute atomic E-state index is 12.4. The number of hydrogen-bond donors (Lipinski definition) is 1. The third-order valence-electron chi connectivity index (χ3n) is 3.81. The number of rotatable bonds is 6. The Bertz CT molecular complexity index is 642. The molecule has 0 spiro atoms. The zero-order valence-electron chi connectivity index (χ0n) is 13.3. The molecule has 0 amide bonds. The molecule has 1 N–H and O–H groups in total. The Morgan fingerprint density at radius 2 is 1.88 bits per heavy atom. The number of para-hydroxylation sites is 1. The summed E-state index contributed by atoms with van der Waals surface area (Å²) in [5.74, 6) is -0.721. The van der Waals surface area contributed by atoms with Gasteiger partial charge in [-0.1, -0.05) is 19.1 Å². The fourth-order valence-electron chi connectivity index (χ4n) is 2.75. The van der Waals surface area contributed by atoms with Crippen molar-refractivity contribution >= 4 is 10.0 Å². The van der Waals surface area contributed by atoms with E-state index in [1.165, 1.54) is 12.1 Å². The average molecular weight is 366 g/mol. The van der Waals surface area contributed by atoms with Gasteiger partial charge in [0.05, 0.1) is 0 Å². The predicted molar refractivity (Wildman–Crippen MR) is 83.2 cm³/mol. The van der Waals surface area contributed by atoms with Gasteiger partial charge in [-0.05, 0) is 51.0 Å². The topological polar surface area (TPSA) is 58.6 Å². The van der Waals surface area contributed by atoms with Crippen LogP contribution in [0.5, 0.6) is 5.75 Å². The maximum Gasteiger partial charge on any atom is 0.573 e. The Labute approximate surface area is 139 Å². The van der Waals surface area contributed by atoms with Crippen LogP contribution in [-0.2, 0) is 10.0 Å². The molecule has 0 saturated carbocycles. The number of ether oxygens (including phenoxy) is 1. The summed E-state index contributed by atoms with van der Waals surface area (Å²) in [7, 11) is -4.09. The second-order valence-electron chi connectivity index (χ2n) is 5.73. The van der Waals surface area contributed by atoms with Crippen LogP contribution in [0.1, 0.15) is 26.2 Å². The first-order valence-electron chi connectivity index (χ1n) is 7.81. The van der Waals surface area contributed by atoms with Gasteiger partial charge in [0.2, 0.25) is 10.0 Å². The number of hydrogen-bond acceptors (Lipinski definition) is 4. The number of halogens is 3. The van der Waals surface area contributed by atoms with Crippen molar-refractivity contribution in [2.24, 2.45) is 0 Å². The molecule has 0 unspecified atom stereocenters. The first kappa shape index (κ1) is 19.0. The average Bonchev–Trinajstić information content (AvgIpc) is 2.48. The number of alkyl halides is 3. The Balaban J connectivity index is 2.09. The predicted octanol–water partition coefficient (Wildman–Crippen LogP) is 2.74. The van der Waals surface area contributed by atoms with Crippen molar-refractivity contribution in [2.75, 3.05) is 19.6 Å². The lowest BCUT2D eigenvalue weighted by molar-refractivity contribution is -0.275. The fraction of sp³-hybridized carbons (Fsp3) is 0.600. The molecule has 2 rings (SSSR count). The highest BCUT2D eigenvalue weighted by Gasteiger charge is 2.34. The number of nitrogens with one attached hydrogen (secondary N) is 1. The quantitative estimate of drug-likeness (QED) is 0.841. The van der Waals surface area contributed by atoms with Crippen LogP contribution < -0.4 is 9.46 Å². The molecule has 136 valence electrons. The molecular weight excluding hydrogens is 345 g/mol. The highest BCUT2D eigenvalue weighted by Crippen LogP contribution is 2.29. The van der Waals surface area contributed by atoms with E-state index in [0.29, 0.717) is 12.8 Å². The molecule has 0 bridgehead atoms. The molecule has 1 heterocycles. The summed E-state index contributed by atoms with van der Waals surface area (Å²) >= 11 is 0. The van der Waals surface area contributed by atoms with Crippen LogP contribution in [0.3, 0.4) is 0 Å². The second-order valence-corrected chi connectivity index (χ2v) is 7.41. The van der Waals surface area contributed by atoms with Gasteiger partial charge in [0, 0.05) is 6.04 Å². The van der Waals surface area contributed by atoms with E-state index in [1.807, 2.05) is 0 Å². The Morgan fingerprint density at radius 1 is 1.25 bits per heavy atom. The minimum Gasteiger partial charge on any atom is -0.404 e. The molecule has 1 aliphatic heterocycles. The second kappa shape index (κ2) is 7.71. The van der Waals surface area contributed by atoms with Gasteiger partial charge in [0.25, 0.3) is 0 Å². The molecule has 1 fully saturated rings. The molecule has 0 atom stereocenters. The maximum atomic E-state index is 12.4. The van der Waals surface area contributed by atoms with Gasteiger partial charge in [-0.3, -0.25) is 0 Å². The van der Waals surface area contributed by atoms with E-state index in [9.17, 15) is 21.6 Å². The van der Waals surface area contributed by atoms with Gasteiger partial charge in [0.15, 0.2) is 0 Å². The summed E-state index contributed by atoms with van der Waals surface area (Å²) in [5.41, 5.74) is 0. The molecule has 0 radical (unpaired) electrons. The Hall–Kier alpha value is -1.32. The van der Waals surface area contributed by atoms with Crippen LogP contribution >= 0.6 is 0 Å². The third-order valence-corrected chi connectivity index (χ3v) is 5.37. The van der Waals surface area contributed by atoms with Crippen molar-refractivity contribution in [1.29, 1.82) is 0 Å². The lowest BCUT2D eigenvalue weighted by Crippen LogP contribution is -2.44. The van der Waals surface area contributed by atoms with Crippen LogP contribution in [0.25, 0.3) is 0 Å². The van der Waals surface area contributed by atoms with Crippen molar-refractivity contribution in [2.45, 2.75) is 43.5 Å². The van der Waals surface area contributed by atoms with E-state index in [-0.39, 0.29) is 6.04 Å². The SMILES string of the molecule is CCCN1CCC(NS(=O)(=O)c2ccccc2OC(F)(F)F)CC1. The lowest BCUT2D eigenvalue weighted by atomic mass is 10.1. The summed E-state index contributed by atoms with van der Waals surface area (Å²) in [4.78, 5) is 1.74. The van der Waals surface area contributed by atoms with E-state index in [4.69, 9.17) is 0 Å². The molecule has 0 aromatic heterocycles. The Morgan fingerprint density at radius 3 is 2.46 bits per heavy atom. The van der Waals surface area contributed by atoms with E-state index in [0.717, 1.165) is 38.2 Å². The van der Waals surface area contributed by atoms with Gasteiger partial charge in [-0.25, -0.2) is 13.1 Å². The van der Waals surface area contributed by atoms with Crippen molar-refractivity contribution < 1.29 is 26.3 Å². The van der Waals surface area contributed by atoms with Gasteiger partial charge < -0.3 is 9.64 Å². The highest BCUT2D eigenvalue weighted by atomic mass is 32.2. The van der Waals surface area contributed by atoms with E-state index in [1.54, 1.807) is 0 Å². The molecule has 1 aliphatic rings. The molecule has 1 saturated heterocycles. The highest BCUT2D eigenvalue weighted by molar-refractivity contribution is 7.89. The lowest BCUT2D eigenvalue weighted by Gasteiger charge is -2.32. The zero-order valence-corrected chi connectivity index (χ0v) is 14.2. The van der Waals surface area contributed by atoms with Gasteiger partial charge in [-0.2, -0.15) is 0 Å². The molecule has 5 nitrogen and oxygen atoms in total. The summed E-state index contributed by atoms with van der Waals surface area (Å²) in [6.45, 7) is 4.57. The summed E-state index contributed by atoms with van der Waals surface area (Å²) in [5, 5.41) is 0. The minimum absolute atomic E-state index is 0.290. The standard InChI is InChI=1S/C15H21F3N2O3S/c1-2-9-20-10-7-12(8-11-20)19-24(21,22)14-6-4-3-5-13(14)23-15(16,17)18/h3-6,12,19H,2,7-11H2,1H3. The van der Waals surface area contributed by atoms with Gasteiger partial charge in [-0.15, -0.1) is 13.2 Å². The third kappa shape index (κ3) is 5.35. The van der Waals surface area contributed by atoms with Crippen molar-refractivity contribution in [3.8, 4) is 5.75 Å². The van der Waals surface area contributed by atoms with E-state index >= 15 is 0 Å². The molecule has 1 aromatic carbocycles. The van der Waals surface area contributed by atoms with Crippen molar-refractivity contribution in [1.82, 2.24) is 9.62 Å². The van der Waals surface area contributed by atoms with Crippen molar-refractivity contribution in [3.05, 3.63) is 24.3 Å². The minimum atomic E-state index is -4.95.